The van der Waals surface area contributed by atoms with E-state index in [2.05, 4.69) is 72.1 Å². The van der Waals surface area contributed by atoms with Gasteiger partial charge in [-0.05, 0) is 78.5 Å². The third kappa shape index (κ3) is 5.44. The number of amides is 1. The Bertz CT molecular complexity index is 1670. The molecular weight excluding hydrogens is 562 g/mol. The minimum Gasteiger partial charge on any atom is -0.342 e. The van der Waals surface area contributed by atoms with Crippen LogP contribution >= 0.6 is 0 Å². The van der Waals surface area contributed by atoms with Gasteiger partial charge >= 0.3 is 0 Å². The van der Waals surface area contributed by atoms with Crippen LogP contribution in [0, 0.1) is 5.41 Å². The summed E-state index contributed by atoms with van der Waals surface area (Å²) in [7, 11) is 0. The molecule has 2 aromatic carbocycles. The molecule has 1 N–H and O–H groups in total. The number of H-pyrrole nitrogens is 1. The van der Waals surface area contributed by atoms with Crippen LogP contribution in [0.15, 0.2) is 53.3 Å². The summed E-state index contributed by atoms with van der Waals surface area (Å²) in [4.78, 5) is 31.2. The van der Waals surface area contributed by atoms with Gasteiger partial charge < -0.3 is 4.90 Å². The highest BCUT2D eigenvalue weighted by Gasteiger charge is 2.51. The van der Waals surface area contributed by atoms with Gasteiger partial charge in [-0.15, -0.1) is 5.10 Å². The van der Waals surface area contributed by atoms with E-state index in [0.29, 0.717) is 18.2 Å². The van der Waals surface area contributed by atoms with Crippen molar-refractivity contribution in [2.45, 2.75) is 103 Å². The predicted octanol–water partition coefficient (Wildman–Crippen LogP) is 6.34. The maximum absolute atomic E-state index is 14.6. The molecule has 9 nitrogen and oxygen atoms in total. The average molecular weight is 608 g/mol. The Morgan fingerprint density at radius 2 is 1.64 bits per heavy atom. The summed E-state index contributed by atoms with van der Waals surface area (Å²) in [6.07, 6.45) is 12.9. The molecule has 236 valence electrons. The average Bonchev–Trinajstić information content (AvgIpc) is 3.73. The summed E-state index contributed by atoms with van der Waals surface area (Å²) in [5, 5.41) is 14.5. The first-order valence-electron chi connectivity index (χ1n) is 17.2. The molecular formula is C36H45N7O2. The number of aromatic amines is 1. The third-order valence-electron chi connectivity index (χ3n) is 10.6. The standard InChI is InChI=1S/C36H45N7O2/c1-2-12-31-30(25-26-16-18-27(19-17-26)28-13-5-6-14-29(28)33-37-39-40-38-33)34(44)43-32(15-11-24-42(31)43)36(20-7-3-8-21-36)35(45)41-22-9-4-10-23-41/h5-6,13-14,16-19,32H,2-4,7-12,15,20-25H2,1H3,(H,37,38,39,40). The lowest BCUT2D eigenvalue weighted by Crippen LogP contribution is -2.53. The van der Waals surface area contributed by atoms with Gasteiger partial charge in [0, 0.05) is 42.9 Å². The number of carbonyl (C=O) groups excluding carboxylic acids is 1. The lowest BCUT2D eigenvalue weighted by atomic mass is 9.66. The Labute approximate surface area is 265 Å². The highest BCUT2D eigenvalue weighted by atomic mass is 16.2. The Kier molecular flexibility index (Phi) is 8.43. The maximum Gasteiger partial charge on any atom is 0.270 e. The fraction of sp³-hybridized carbons (Fsp3) is 0.528. The molecule has 0 spiro atoms. The number of nitrogens with zero attached hydrogens (tertiary/aromatic N) is 6. The highest BCUT2D eigenvalue weighted by molar-refractivity contribution is 5.84. The van der Waals surface area contributed by atoms with E-state index in [1.807, 2.05) is 18.2 Å². The Hall–Kier alpha value is -4.01. The molecule has 1 unspecified atom stereocenters. The fourth-order valence-corrected chi connectivity index (χ4v) is 8.48. The molecule has 0 bridgehead atoms. The number of rotatable bonds is 8. The van der Waals surface area contributed by atoms with E-state index in [-0.39, 0.29) is 11.6 Å². The molecule has 7 rings (SSSR count). The van der Waals surface area contributed by atoms with E-state index >= 15 is 0 Å². The SMILES string of the molecule is CCCc1c(Cc2ccc(-c3ccccc3-c3nnn[nH]3)cc2)c(=O)n2n1CCCC2C1(C(=O)N2CCCCC2)CCCCC1. The van der Waals surface area contributed by atoms with Gasteiger partial charge in [-0.3, -0.25) is 14.3 Å². The summed E-state index contributed by atoms with van der Waals surface area (Å²) < 4.78 is 4.37. The zero-order chi connectivity index (χ0) is 30.8. The first-order valence-corrected chi connectivity index (χ1v) is 17.2. The second kappa shape index (κ2) is 12.8. The molecule has 1 aliphatic carbocycles. The molecule has 9 heteroatoms. The quantitative estimate of drug-likeness (QED) is 0.252. The molecule has 4 aromatic rings. The van der Waals surface area contributed by atoms with Crippen LogP contribution in [0.4, 0.5) is 0 Å². The van der Waals surface area contributed by atoms with Crippen molar-refractivity contribution in [3.05, 3.63) is 75.7 Å². The molecule has 1 saturated carbocycles. The highest BCUT2D eigenvalue weighted by Crippen LogP contribution is 2.49. The van der Waals surface area contributed by atoms with Crippen molar-refractivity contribution >= 4 is 5.91 Å². The molecule has 2 aliphatic heterocycles. The minimum atomic E-state index is -0.467. The normalized spacial score (nSPS) is 19.8. The smallest absolute Gasteiger partial charge is 0.270 e. The minimum absolute atomic E-state index is 0.0673. The van der Waals surface area contributed by atoms with E-state index in [1.165, 1.54) is 12.8 Å². The Balaban J connectivity index is 1.23. The molecule has 3 aliphatic rings. The molecule has 1 atom stereocenters. The van der Waals surface area contributed by atoms with Crippen molar-refractivity contribution in [2.75, 3.05) is 13.1 Å². The third-order valence-corrected chi connectivity index (χ3v) is 10.6. The van der Waals surface area contributed by atoms with Crippen molar-refractivity contribution in [3.8, 4) is 22.5 Å². The van der Waals surface area contributed by atoms with Gasteiger partial charge in [-0.25, -0.2) is 9.78 Å². The summed E-state index contributed by atoms with van der Waals surface area (Å²) in [6, 6.07) is 16.6. The number of carbonyl (C=O) groups is 1. The number of fused-ring (bicyclic) bond motifs is 1. The zero-order valence-corrected chi connectivity index (χ0v) is 26.5. The van der Waals surface area contributed by atoms with Gasteiger partial charge in [-0.1, -0.05) is 81.1 Å². The van der Waals surface area contributed by atoms with Crippen LogP contribution in [0.3, 0.4) is 0 Å². The topological polar surface area (TPSA) is 102 Å². The van der Waals surface area contributed by atoms with Crippen LogP contribution in [0.25, 0.3) is 22.5 Å². The summed E-state index contributed by atoms with van der Waals surface area (Å²) in [6.45, 7) is 4.77. The van der Waals surface area contributed by atoms with Crippen molar-refractivity contribution in [1.82, 2.24) is 34.9 Å². The van der Waals surface area contributed by atoms with E-state index in [1.54, 1.807) is 0 Å². The molecule has 45 heavy (non-hydrogen) atoms. The first-order chi connectivity index (χ1) is 22.1. The van der Waals surface area contributed by atoms with E-state index in [4.69, 9.17) is 0 Å². The van der Waals surface area contributed by atoms with Gasteiger partial charge in [-0.2, -0.15) is 0 Å². The van der Waals surface area contributed by atoms with Crippen LogP contribution in [0.2, 0.25) is 0 Å². The van der Waals surface area contributed by atoms with Crippen LogP contribution < -0.4 is 5.56 Å². The zero-order valence-electron chi connectivity index (χ0n) is 26.5. The van der Waals surface area contributed by atoms with E-state index in [0.717, 1.165) is 117 Å². The second-order valence-corrected chi connectivity index (χ2v) is 13.3. The summed E-state index contributed by atoms with van der Waals surface area (Å²) >= 11 is 0. The number of piperidine rings is 1. The van der Waals surface area contributed by atoms with Crippen molar-refractivity contribution < 1.29 is 4.79 Å². The molecule has 1 saturated heterocycles. The monoisotopic (exact) mass is 607 g/mol. The molecule has 2 aromatic heterocycles. The van der Waals surface area contributed by atoms with Crippen LogP contribution in [0.1, 0.15) is 100 Å². The Morgan fingerprint density at radius 1 is 0.911 bits per heavy atom. The van der Waals surface area contributed by atoms with Gasteiger partial charge in [0.05, 0.1) is 11.5 Å². The molecule has 0 radical (unpaired) electrons. The van der Waals surface area contributed by atoms with Gasteiger partial charge in [0.1, 0.15) is 0 Å². The fourth-order valence-electron chi connectivity index (χ4n) is 8.48. The molecule has 2 fully saturated rings. The van der Waals surface area contributed by atoms with Crippen LogP contribution in [-0.4, -0.2) is 53.9 Å². The van der Waals surface area contributed by atoms with Crippen molar-refractivity contribution in [3.63, 3.8) is 0 Å². The van der Waals surface area contributed by atoms with Gasteiger partial charge in [0.25, 0.3) is 5.56 Å². The number of benzene rings is 2. The lowest BCUT2D eigenvalue weighted by molar-refractivity contribution is -0.150. The number of likely N-dealkylation sites (tertiary alicyclic amines) is 1. The van der Waals surface area contributed by atoms with Crippen LogP contribution in [0.5, 0.6) is 0 Å². The summed E-state index contributed by atoms with van der Waals surface area (Å²) in [5.41, 5.74) is 5.90. The van der Waals surface area contributed by atoms with E-state index < -0.39 is 5.41 Å². The summed E-state index contributed by atoms with van der Waals surface area (Å²) in [5.74, 6) is 0.958. The number of aromatic nitrogens is 6. The van der Waals surface area contributed by atoms with Gasteiger partial charge in [0.2, 0.25) is 5.91 Å². The first kappa shape index (κ1) is 29.7. The number of hydrogen-bond donors (Lipinski definition) is 1. The Morgan fingerprint density at radius 3 is 2.36 bits per heavy atom. The van der Waals surface area contributed by atoms with E-state index in [9.17, 15) is 9.59 Å². The maximum atomic E-state index is 14.6. The largest absolute Gasteiger partial charge is 0.342 e. The van der Waals surface area contributed by atoms with Crippen molar-refractivity contribution in [2.24, 2.45) is 5.41 Å². The predicted molar refractivity (Wildman–Crippen MR) is 175 cm³/mol. The number of tetrazole rings is 1. The lowest BCUT2D eigenvalue weighted by Gasteiger charge is -2.47. The van der Waals surface area contributed by atoms with Gasteiger partial charge in [0.15, 0.2) is 5.82 Å². The number of nitrogens with one attached hydrogen (secondary N) is 1. The molecule has 1 amide bonds. The molecule has 4 heterocycles. The number of hydrogen-bond acceptors (Lipinski definition) is 5. The van der Waals surface area contributed by atoms with Crippen LogP contribution in [-0.2, 0) is 24.2 Å². The second-order valence-electron chi connectivity index (χ2n) is 13.3. The van der Waals surface area contributed by atoms with Crippen molar-refractivity contribution in [1.29, 1.82) is 0 Å².